The molecule has 0 atom stereocenters. The third kappa shape index (κ3) is 2.72. The fourth-order valence-electron chi connectivity index (χ4n) is 2.53. The molecule has 0 amide bonds. The van der Waals surface area contributed by atoms with Crippen LogP contribution in [0.4, 0.5) is 5.82 Å². The van der Waals surface area contributed by atoms with Crippen LogP contribution in [0.15, 0.2) is 53.3 Å². The van der Waals surface area contributed by atoms with Crippen LogP contribution in [-0.4, -0.2) is 19.7 Å². The summed E-state index contributed by atoms with van der Waals surface area (Å²) in [6.45, 7) is 2.40. The molecule has 0 saturated heterocycles. The lowest BCUT2D eigenvalue weighted by Crippen LogP contribution is -2.04. The van der Waals surface area contributed by atoms with Crippen molar-refractivity contribution in [2.24, 2.45) is 0 Å². The van der Waals surface area contributed by atoms with Gasteiger partial charge < -0.3 is 9.73 Å². The molecule has 4 aromatic rings. The quantitative estimate of drug-likeness (QED) is 0.609. The van der Waals surface area contributed by atoms with Crippen LogP contribution in [0.5, 0.6) is 0 Å². The van der Waals surface area contributed by atoms with E-state index in [0.717, 1.165) is 28.3 Å². The molecule has 3 heterocycles. The fourth-order valence-corrected chi connectivity index (χ4v) is 2.72. The first-order chi connectivity index (χ1) is 11.7. The molecule has 0 bridgehead atoms. The largest absolute Gasteiger partial charge is 0.467 e. The Morgan fingerprint density at radius 1 is 1.21 bits per heavy atom. The van der Waals surface area contributed by atoms with E-state index in [0.29, 0.717) is 17.4 Å². The van der Waals surface area contributed by atoms with Crippen molar-refractivity contribution >= 4 is 28.5 Å². The first-order valence-electron chi connectivity index (χ1n) is 7.45. The number of aromatic nitrogens is 4. The Morgan fingerprint density at radius 2 is 2.12 bits per heavy atom. The number of furan rings is 1. The van der Waals surface area contributed by atoms with Crippen LogP contribution in [0.2, 0.25) is 5.02 Å². The lowest BCUT2D eigenvalue weighted by atomic mass is 10.3. The Hall–Kier alpha value is -2.86. The highest BCUT2D eigenvalue weighted by Crippen LogP contribution is 2.24. The summed E-state index contributed by atoms with van der Waals surface area (Å²) in [7, 11) is 0. The summed E-state index contributed by atoms with van der Waals surface area (Å²) >= 11 is 6.09. The van der Waals surface area contributed by atoms with Gasteiger partial charge in [-0.25, -0.2) is 14.6 Å². The number of fused-ring (bicyclic) bond motifs is 1. The minimum Gasteiger partial charge on any atom is -0.467 e. The normalized spacial score (nSPS) is 11.1. The summed E-state index contributed by atoms with van der Waals surface area (Å²) in [6.07, 6.45) is 3.40. The van der Waals surface area contributed by atoms with Crippen LogP contribution in [-0.2, 0) is 6.54 Å². The molecular formula is C17H14ClN5O. The Labute approximate surface area is 143 Å². The molecule has 4 rings (SSSR count). The van der Waals surface area contributed by atoms with Gasteiger partial charge in [0.2, 0.25) is 0 Å². The van der Waals surface area contributed by atoms with Gasteiger partial charge in [-0.05, 0) is 37.3 Å². The van der Waals surface area contributed by atoms with Gasteiger partial charge >= 0.3 is 0 Å². The molecular weight excluding hydrogens is 326 g/mol. The summed E-state index contributed by atoms with van der Waals surface area (Å²) in [4.78, 5) is 9.01. The third-order valence-corrected chi connectivity index (χ3v) is 3.84. The van der Waals surface area contributed by atoms with Crippen molar-refractivity contribution in [2.45, 2.75) is 13.5 Å². The van der Waals surface area contributed by atoms with Gasteiger partial charge in [0, 0.05) is 5.02 Å². The summed E-state index contributed by atoms with van der Waals surface area (Å²) in [5.41, 5.74) is 1.58. The van der Waals surface area contributed by atoms with Crippen molar-refractivity contribution in [1.82, 2.24) is 19.7 Å². The van der Waals surface area contributed by atoms with Gasteiger partial charge in [-0.15, -0.1) is 0 Å². The van der Waals surface area contributed by atoms with E-state index in [-0.39, 0.29) is 0 Å². The lowest BCUT2D eigenvalue weighted by Gasteiger charge is -2.07. The number of nitrogens with one attached hydrogen (secondary N) is 1. The van der Waals surface area contributed by atoms with Crippen molar-refractivity contribution in [3.05, 3.63) is 65.5 Å². The van der Waals surface area contributed by atoms with E-state index in [9.17, 15) is 0 Å². The number of hydrogen-bond donors (Lipinski definition) is 1. The van der Waals surface area contributed by atoms with Crippen molar-refractivity contribution in [3.8, 4) is 5.69 Å². The third-order valence-electron chi connectivity index (χ3n) is 3.60. The summed E-state index contributed by atoms with van der Waals surface area (Å²) < 4.78 is 7.10. The molecule has 3 aromatic heterocycles. The molecule has 120 valence electrons. The number of nitrogens with zero attached hydrogens (tertiary/aromatic N) is 4. The predicted octanol–water partition coefficient (Wildman–Crippen LogP) is 3.98. The maximum atomic E-state index is 6.09. The average molecular weight is 340 g/mol. The van der Waals surface area contributed by atoms with E-state index < -0.39 is 0 Å². The minimum absolute atomic E-state index is 0.543. The highest BCUT2D eigenvalue weighted by molar-refractivity contribution is 6.30. The van der Waals surface area contributed by atoms with Crippen molar-refractivity contribution < 1.29 is 4.42 Å². The molecule has 0 aliphatic rings. The number of benzene rings is 1. The Bertz CT molecular complexity index is 994. The summed E-state index contributed by atoms with van der Waals surface area (Å²) in [6, 6.07) is 11.3. The van der Waals surface area contributed by atoms with E-state index in [2.05, 4.69) is 20.4 Å². The molecule has 0 radical (unpaired) electrons. The molecule has 1 N–H and O–H groups in total. The Kier molecular flexibility index (Phi) is 3.66. The van der Waals surface area contributed by atoms with Gasteiger partial charge in [0.05, 0.1) is 30.1 Å². The van der Waals surface area contributed by atoms with Gasteiger partial charge in [-0.2, -0.15) is 5.10 Å². The number of rotatable bonds is 4. The molecule has 6 nitrogen and oxygen atoms in total. The molecule has 0 saturated carbocycles. The van der Waals surface area contributed by atoms with E-state index in [1.807, 2.05) is 43.3 Å². The predicted molar refractivity (Wildman–Crippen MR) is 92.4 cm³/mol. The molecule has 7 heteroatoms. The average Bonchev–Trinajstić information content (AvgIpc) is 3.22. The van der Waals surface area contributed by atoms with E-state index in [1.54, 1.807) is 17.1 Å². The highest BCUT2D eigenvalue weighted by atomic mass is 35.5. The van der Waals surface area contributed by atoms with Crippen molar-refractivity contribution in [3.63, 3.8) is 0 Å². The van der Waals surface area contributed by atoms with Gasteiger partial charge in [0.15, 0.2) is 5.65 Å². The first kappa shape index (κ1) is 14.7. The van der Waals surface area contributed by atoms with Crippen LogP contribution in [0.25, 0.3) is 16.7 Å². The number of anilines is 1. The topological polar surface area (TPSA) is 68.8 Å². The SMILES string of the molecule is Cc1nc(NCc2ccco2)c2cnn(-c3cccc(Cl)c3)c2n1. The summed E-state index contributed by atoms with van der Waals surface area (Å²) in [5.74, 6) is 2.22. The van der Waals surface area contributed by atoms with Crippen LogP contribution >= 0.6 is 11.6 Å². The van der Waals surface area contributed by atoms with Gasteiger partial charge in [-0.3, -0.25) is 0 Å². The maximum Gasteiger partial charge on any atom is 0.168 e. The molecule has 0 fully saturated rings. The van der Waals surface area contributed by atoms with Crippen molar-refractivity contribution in [1.29, 1.82) is 0 Å². The van der Waals surface area contributed by atoms with Gasteiger partial charge in [0.25, 0.3) is 0 Å². The number of aryl methyl sites for hydroxylation is 1. The smallest absolute Gasteiger partial charge is 0.168 e. The second-order valence-electron chi connectivity index (χ2n) is 5.33. The van der Waals surface area contributed by atoms with E-state index >= 15 is 0 Å². The standard InChI is InChI=1S/C17H14ClN5O/c1-11-21-16(19-9-14-6-3-7-24-14)15-10-20-23(17(15)22-11)13-5-2-4-12(18)8-13/h2-8,10H,9H2,1H3,(H,19,21,22). The zero-order valence-corrected chi connectivity index (χ0v) is 13.7. The highest BCUT2D eigenvalue weighted by Gasteiger charge is 2.13. The first-order valence-corrected chi connectivity index (χ1v) is 7.83. The molecule has 24 heavy (non-hydrogen) atoms. The van der Waals surface area contributed by atoms with Crippen LogP contribution in [0.3, 0.4) is 0 Å². The zero-order valence-electron chi connectivity index (χ0n) is 12.9. The molecule has 0 spiro atoms. The van der Waals surface area contributed by atoms with Crippen LogP contribution in [0.1, 0.15) is 11.6 Å². The zero-order chi connectivity index (χ0) is 16.5. The van der Waals surface area contributed by atoms with Gasteiger partial charge in [-0.1, -0.05) is 17.7 Å². The Morgan fingerprint density at radius 3 is 2.92 bits per heavy atom. The molecule has 0 aliphatic heterocycles. The molecule has 0 unspecified atom stereocenters. The number of hydrogen-bond acceptors (Lipinski definition) is 5. The van der Waals surface area contributed by atoms with Crippen LogP contribution < -0.4 is 5.32 Å². The molecule has 1 aromatic carbocycles. The van der Waals surface area contributed by atoms with Crippen molar-refractivity contribution in [2.75, 3.05) is 5.32 Å². The van der Waals surface area contributed by atoms with Gasteiger partial charge in [0.1, 0.15) is 17.4 Å². The minimum atomic E-state index is 0.543. The molecule has 0 aliphatic carbocycles. The van der Waals surface area contributed by atoms with Crippen LogP contribution in [0, 0.1) is 6.92 Å². The lowest BCUT2D eigenvalue weighted by molar-refractivity contribution is 0.518. The Balaban J connectivity index is 1.76. The summed E-state index contributed by atoms with van der Waals surface area (Å²) in [5, 5.41) is 9.22. The monoisotopic (exact) mass is 339 g/mol. The maximum absolute atomic E-state index is 6.09. The fraction of sp³-hybridized carbons (Fsp3) is 0.118. The number of halogens is 1. The second-order valence-corrected chi connectivity index (χ2v) is 5.76. The second kappa shape index (κ2) is 5.98. The van der Waals surface area contributed by atoms with E-state index in [4.69, 9.17) is 16.0 Å². The van der Waals surface area contributed by atoms with E-state index in [1.165, 1.54) is 0 Å².